The minimum atomic E-state index is -1.05. The molecule has 3 rings (SSSR count). The highest BCUT2D eigenvalue weighted by Gasteiger charge is 2.15. The third-order valence-electron chi connectivity index (χ3n) is 4.66. The number of anilines is 2. The van der Waals surface area contributed by atoms with Crippen molar-refractivity contribution in [1.82, 2.24) is 4.98 Å². The number of carbonyl (C=O) groups is 1. The van der Waals surface area contributed by atoms with Crippen LogP contribution < -0.4 is 20.5 Å². The summed E-state index contributed by atoms with van der Waals surface area (Å²) in [6, 6.07) is 12.0. The Morgan fingerprint density at radius 2 is 1.93 bits per heavy atom. The summed E-state index contributed by atoms with van der Waals surface area (Å²) in [4.78, 5) is 27.9. The topological polar surface area (TPSA) is 94.7 Å². The lowest BCUT2D eigenvalue weighted by Crippen LogP contribution is -2.24. The van der Waals surface area contributed by atoms with Crippen LogP contribution in [0.3, 0.4) is 0 Å². The number of ether oxygens (including phenoxy) is 1. The zero-order valence-electron chi connectivity index (χ0n) is 17.2. The van der Waals surface area contributed by atoms with Crippen molar-refractivity contribution in [2.75, 3.05) is 17.3 Å². The lowest BCUT2D eigenvalue weighted by molar-refractivity contribution is 0.203. The summed E-state index contributed by atoms with van der Waals surface area (Å²) in [5, 5.41) is 13.7. The third-order valence-corrected chi connectivity index (χ3v) is 4.95. The highest BCUT2D eigenvalue weighted by Crippen LogP contribution is 2.31. The van der Waals surface area contributed by atoms with E-state index in [-0.39, 0.29) is 17.7 Å². The Bertz CT molecular complexity index is 1140. The van der Waals surface area contributed by atoms with Crippen LogP contribution in [0.15, 0.2) is 47.3 Å². The number of hydrogen-bond donors (Lipinski definition) is 3. The van der Waals surface area contributed by atoms with Crippen LogP contribution in [-0.4, -0.2) is 29.3 Å². The Morgan fingerprint density at radius 1 is 1.20 bits per heavy atom. The number of aromatic nitrogens is 1. The van der Waals surface area contributed by atoms with Gasteiger partial charge in [-0.05, 0) is 51.1 Å². The van der Waals surface area contributed by atoms with Gasteiger partial charge in [0.05, 0.1) is 22.7 Å². The fourth-order valence-electron chi connectivity index (χ4n) is 3.13. The van der Waals surface area contributed by atoms with Crippen LogP contribution in [0.25, 0.3) is 10.9 Å². The van der Waals surface area contributed by atoms with E-state index in [4.69, 9.17) is 21.4 Å². The molecule has 0 saturated heterocycles. The van der Waals surface area contributed by atoms with Gasteiger partial charge < -0.3 is 20.1 Å². The van der Waals surface area contributed by atoms with Crippen LogP contribution in [0.1, 0.15) is 32.4 Å². The standard InChI is InChI=1S/C22H24ClN3O4/c1-12(2)30-20-11-19-14(9-18(20)23)8-17(21(27)25-19)13(3)24-15-6-5-7-16(10-15)26(4)22(28)29/h5-13,24H,1-4H3,(H,25,27)(H,28,29)/t13-/m0/s1. The third kappa shape index (κ3) is 4.68. The number of hydrogen-bond acceptors (Lipinski definition) is 4. The molecule has 3 N–H and O–H groups in total. The van der Waals surface area contributed by atoms with Crippen molar-refractivity contribution < 1.29 is 14.6 Å². The van der Waals surface area contributed by atoms with Gasteiger partial charge in [0.15, 0.2) is 0 Å². The van der Waals surface area contributed by atoms with Crippen molar-refractivity contribution in [1.29, 1.82) is 0 Å². The summed E-state index contributed by atoms with van der Waals surface area (Å²) in [7, 11) is 1.47. The molecule has 7 nitrogen and oxygen atoms in total. The molecule has 1 heterocycles. The van der Waals surface area contributed by atoms with Crippen molar-refractivity contribution in [3.63, 3.8) is 0 Å². The van der Waals surface area contributed by atoms with Crippen molar-refractivity contribution in [2.45, 2.75) is 32.9 Å². The highest BCUT2D eigenvalue weighted by molar-refractivity contribution is 6.32. The molecule has 1 amide bonds. The average Bonchev–Trinajstić information content (AvgIpc) is 2.67. The first kappa shape index (κ1) is 21.5. The lowest BCUT2D eigenvalue weighted by Gasteiger charge is -2.19. The molecule has 0 saturated carbocycles. The van der Waals surface area contributed by atoms with E-state index in [1.807, 2.05) is 26.8 Å². The largest absolute Gasteiger partial charge is 0.489 e. The summed E-state index contributed by atoms with van der Waals surface area (Å²) in [6.45, 7) is 5.67. The van der Waals surface area contributed by atoms with Gasteiger partial charge in [-0.15, -0.1) is 0 Å². The predicted octanol–water partition coefficient (Wildman–Crippen LogP) is 5.26. The van der Waals surface area contributed by atoms with Gasteiger partial charge in [-0.3, -0.25) is 9.69 Å². The van der Waals surface area contributed by atoms with E-state index in [0.29, 0.717) is 33.2 Å². The van der Waals surface area contributed by atoms with Crippen LogP contribution in [0.2, 0.25) is 5.02 Å². The summed E-state index contributed by atoms with van der Waals surface area (Å²) >= 11 is 6.34. The molecule has 158 valence electrons. The fraction of sp³-hybridized carbons (Fsp3) is 0.273. The Morgan fingerprint density at radius 3 is 2.60 bits per heavy atom. The molecule has 0 spiro atoms. The van der Waals surface area contributed by atoms with Gasteiger partial charge in [0.25, 0.3) is 5.56 Å². The van der Waals surface area contributed by atoms with Crippen LogP contribution in [0, 0.1) is 0 Å². The van der Waals surface area contributed by atoms with Crippen LogP contribution >= 0.6 is 11.6 Å². The molecule has 0 fully saturated rings. The average molecular weight is 430 g/mol. The summed E-state index contributed by atoms with van der Waals surface area (Å²) in [6.07, 6.45) is -1.09. The second kappa shape index (κ2) is 8.67. The van der Waals surface area contributed by atoms with Gasteiger partial charge in [0.2, 0.25) is 0 Å². The summed E-state index contributed by atoms with van der Waals surface area (Å²) in [5.74, 6) is 0.521. The highest BCUT2D eigenvalue weighted by atomic mass is 35.5. The van der Waals surface area contributed by atoms with Crippen LogP contribution in [0.4, 0.5) is 16.2 Å². The Kier molecular flexibility index (Phi) is 6.22. The first-order valence-corrected chi connectivity index (χ1v) is 9.90. The molecule has 1 atom stereocenters. The Balaban J connectivity index is 1.91. The van der Waals surface area contributed by atoms with E-state index in [1.165, 1.54) is 7.05 Å². The molecular weight excluding hydrogens is 406 g/mol. The minimum absolute atomic E-state index is 0.0360. The zero-order chi connectivity index (χ0) is 22.0. The second-order valence-corrected chi connectivity index (χ2v) is 7.76. The molecule has 30 heavy (non-hydrogen) atoms. The number of carboxylic acid groups (broad SMARTS) is 1. The SMILES string of the molecule is CC(C)Oc1cc2[nH]c(=O)c([C@H](C)Nc3cccc(N(C)C(=O)O)c3)cc2cc1Cl. The van der Waals surface area contributed by atoms with Gasteiger partial charge in [-0.2, -0.15) is 0 Å². The van der Waals surface area contributed by atoms with E-state index < -0.39 is 6.09 Å². The number of pyridine rings is 1. The van der Waals surface area contributed by atoms with Gasteiger partial charge in [-0.1, -0.05) is 17.7 Å². The van der Waals surface area contributed by atoms with E-state index in [9.17, 15) is 9.59 Å². The monoisotopic (exact) mass is 429 g/mol. The number of rotatable bonds is 6. The van der Waals surface area contributed by atoms with E-state index in [1.54, 1.807) is 36.4 Å². The fourth-order valence-corrected chi connectivity index (χ4v) is 3.35. The zero-order valence-corrected chi connectivity index (χ0v) is 17.9. The van der Waals surface area contributed by atoms with Crippen molar-refractivity contribution in [3.8, 4) is 5.75 Å². The number of fused-ring (bicyclic) bond motifs is 1. The second-order valence-electron chi connectivity index (χ2n) is 7.35. The molecule has 0 radical (unpaired) electrons. The number of nitrogens with zero attached hydrogens (tertiary/aromatic N) is 1. The Labute approximate surface area is 179 Å². The molecule has 0 bridgehead atoms. The van der Waals surface area contributed by atoms with Crippen molar-refractivity contribution >= 4 is 40.0 Å². The number of amides is 1. The predicted molar refractivity (Wildman–Crippen MR) is 120 cm³/mol. The molecule has 0 aliphatic heterocycles. The summed E-state index contributed by atoms with van der Waals surface area (Å²) in [5.41, 5.74) is 2.18. The smallest absolute Gasteiger partial charge is 0.411 e. The Hall–Kier alpha value is -3.19. The maximum absolute atomic E-state index is 12.7. The number of benzene rings is 2. The van der Waals surface area contributed by atoms with E-state index in [0.717, 1.165) is 10.3 Å². The molecule has 3 aromatic rings. The molecule has 1 aromatic heterocycles. The number of nitrogens with one attached hydrogen (secondary N) is 2. The first-order valence-electron chi connectivity index (χ1n) is 9.52. The van der Waals surface area contributed by atoms with Gasteiger partial charge in [0, 0.05) is 35.4 Å². The molecule has 0 aliphatic carbocycles. The molecule has 2 aromatic carbocycles. The van der Waals surface area contributed by atoms with Crippen LogP contribution in [0.5, 0.6) is 5.75 Å². The van der Waals surface area contributed by atoms with Crippen molar-refractivity contribution in [3.05, 3.63) is 63.4 Å². The number of halogens is 1. The van der Waals surface area contributed by atoms with Gasteiger partial charge in [0.1, 0.15) is 5.75 Å². The first-order chi connectivity index (χ1) is 14.2. The number of H-pyrrole nitrogens is 1. The van der Waals surface area contributed by atoms with E-state index >= 15 is 0 Å². The lowest BCUT2D eigenvalue weighted by atomic mass is 10.1. The summed E-state index contributed by atoms with van der Waals surface area (Å²) < 4.78 is 5.68. The van der Waals surface area contributed by atoms with Gasteiger partial charge >= 0.3 is 6.09 Å². The molecular formula is C22H24ClN3O4. The maximum atomic E-state index is 12.7. The minimum Gasteiger partial charge on any atom is -0.489 e. The number of aromatic amines is 1. The molecule has 8 heteroatoms. The quantitative estimate of drug-likeness (QED) is 0.497. The molecule has 0 unspecified atom stereocenters. The molecule has 0 aliphatic rings. The van der Waals surface area contributed by atoms with Crippen molar-refractivity contribution in [2.24, 2.45) is 0 Å². The maximum Gasteiger partial charge on any atom is 0.411 e. The van der Waals surface area contributed by atoms with E-state index in [2.05, 4.69) is 10.3 Å². The van der Waals surface area contributed by atoms with Gasteiger partial charge in [-0.25, -0.2) is 4.79 Å². The van der Waals surface area contributed by atoms with Crippen LogP contribution in [-0.2, 0) is 0 Å². The normalized spacial score (nSPS) is 12.1.